The number of hydrogen-bond acceptors (Lipinski definition) is 1. The third-order valence-corrected chi connectivity index (χ3v) is 7.90. The van der Waals surface area contributed by atoms with Crippen LogP contribution in [0.2, 0.25) is 0 Å². The van der Waals surface area contributed by atoms with Gasteiger partial charge in [-0.15, -0.1) is 0 Å². The summed E-state index contributed by atoms with van der Waals surface area (Å²) >= 11 is 0. The lowest BCUT2D eigenvalue weighted by molar-refractivity contribution is 0.592. The van der Waals surface area contributed by atoms with Gasteiger partial charge in [-0.25, -0.2) is 0 Å². The molecule has 0 spiro atoms. The maximum absolute atomic E-state index is 6.74. The van der Waals surface area contributed by atoms with Crippen LogP contribution in [0.3, 0.4) is 0 Å². The SMILES string of the molecule is Cc1c(-c2c(C)c(C)c(C)c(C)c2C)oc(-c2c(C)c(C)c(C)c(C)c2C)c1C. The summed E-state index contributed by atoms with van der Waals surface area (Å²) in [5, 5.41) is 0. The Bertz CT molecular complexity index is 1000. The fourth-order valence-electron chi connectivity index (χ4n) is 4.75. The summed E-state index contributed by atoms with van der Waals surface area (Å²) in [6, 6.07) is 0. The van der Waals surface area contributed by atoms with Crippen molar-refractivity contribution in [2.24, 2.45) is 0 Å². The Labute approximate surface area is 177 Å². The average molecular weight is 389 g/mol. The monoisotopic (exact) mass is 388 g/mol. The van der Waals surface area contributed by atoms with Crippen LogP contribution in [0.4, 0.5) is 0 Å². The molecule has 1 nitrogen and oxygen atoms in total. The normalized spacial score (nSPS) is 11.4. The van der Waals surface area contributed by atoms with Gasteiger partial charge in [-0.1, -0.05) is 0 Å². The molecule has 1 heterocycles. The molecule has 0 amide bonds. The zero-order chi connectivity index (χ0) is 21.9. The van der Waals surface area contributed by atoms with E-state index in [4.69, 9.17) is 4.42 Å². The molecule has 0 radical (unpaired) electrons. The van der Waals surface area contributed by atoms with Gasteiger partial charge in [0.15, 0.2) is 0 Å². The molecule has 1 aromatic heterocycles. The van der Waals surface area contributed by atoms with Gasteiger partial charge in [-0.2, -0.15) is 0 Å². The van der Waals surface area contributed by atoms with Crippen molar-refractivity contribution in [3.05, 3.63) is 66.8 Å². The van der Waals surface area contributed by atoms with Gasteiger partial charge in [0, 0.05) is 11.1 Å². The van der Waals surface area contributed by atoms with Crippen molar-refractivity contribution in [2.45, 2.75) is 83.1 Å². The lowest BCUT2D eigenvalue weighted by atomic mass is 9.86. The second kappa shape index (κ2) is 7.20. The molecule has 0 aliphatic rings. The zero-order valence-electron chi connectivity index (χ0n) is 20.4. The predicted molar refractivity (Wildman–Crippen MR) is 126 cm³/mol. The number of hydrogen-bond donors (Lipinski definition) is 0. The third kappa shape index (κ3) is 2.98. The van der Waals surface area contributed by atoms with Gasteiger partial charge in [0.05, 0.1) is 0 Å². The summed E-state index contributed by atoms with van der Waals surface area (Å²) in [7, 11) is 0. The van der Waals surface area contributed by atoms with E-state index in [1.165, 1.54) is 77.9 Å². The van der Waals surface area contributed by atoms with Crippen molar-refractivity contribution in [1.82, 2.24) is 0 Å². The molecule has 1 heteroatoms. The summed E-state index contributed by atoms with van der Waals surface area (Å²) in [4.78, 5) is 0. The molecule has 0 bridgehead atoms. The summed E-state index contributed by atoms with van der Waals surface area (Å²) in [5.74, 6) is 2.07. The van der Waals surface area contributed by atoms with Gasteiger partial charge < -0.3 is 4.42 Å². The molecule has 3 rings (SSSR count). The Morgan fingerprint density at radius 3 is 0.724 bits per heavy atom. The van der Waals surface area contributed by atoms with E-state index in [0.29, 0.717) is 0 Å². The Kier molecular flexibility index (Phi) is 5.32. The Morgan fingerprint density at radius 2 is 0.483 bits per heavy atom. The molecule has 0 N–H and O–H groups in total. The smallest absolute Gasteiger partial charge is 0.138 e. The van der Waals surface area contributed by atoms with Gasteiger partial charge in [0.25, 0.3) is 0 Å². The van der Waals surface area contributed by atoms with Crippen LogP contribution in [0, 0.1) is 83.1 Å². The first kappa shape index (κ1) is 21.4. The minimum absolute atomic E-state index is 1.04. The van der Waals surface area contributed by atoms with Crippen molar-refractivity contribution in [3.8, 4) is 22.6 Å². The molecule has 0 saturated heterocycles. The minimum Gasteiger partial charge on any atom is -0.455 e. The fraction of sp³-hybridized carbons (Fsp3) is 0.429. The van der Waals surface area contributed by atoms with Crippen molar-refractivity contribution in [2.75, 3.05) is 0 Å². The van der Waals surface area contributed by atoms with Crippen LogP contribution in [-0.4, -0.2) is 0 Å². The molecular formula is C28H36O. The van der Waals surface area contributed by atoms with E-state index in [2.05, 4.69) is 83.1 Å². The summed E-state index contributed by atoms with van der Waals surface area (Å²) in [6.45, 7) is 26.7. The van der Waals surface area contributed by atoms with E-state index in [-0.39, 0.29) is 0 Å². The lowest BCUT2D eigenvalue weighted by Gasteiger charge is -2.19. The standard InChI is InChI=1S/C28H36O/c1-13-15(3)19(7)25(20(8)16(13)4)27-23(11)24(12)28(29-27)26-21(9)17(5)14(2)18(6)22(26)10/h1-12H3. The first-order valence-corrected chi connectivity index (χ1v) is 10.7. The quantitative estimate of drug-likeness (QED) is 0.430. The van der Waals surface area contributed by atoms with E-state index in [1.54, 1.807) is 0 Å². The van der Waals surface area contributed by atoms with Crippen molar-refractivity contribution in [1.29, 1.82) is 0 Å². The fourth-order valence-corrected chi connectivity index (χ4v) is 4.75. The van der Waals surface area contributed by atoms with Crippen LogP contribution in [-0.2, 0) is 0 Å². The second-order valence-electron chi connectivity index (χ2n) is 9.01. The minimum atomic E-state index is 1.04. The molecule has 29 heavy (non-hydrogen) atoms. The highest BCUT2D eigenvalue weighted by Gasteiger charge is 2.25. The van der Waals surface area contributed by atoms with Crippen LogP contribution in [0.5, 0.6) is 0 Å². The maximum atomic E-state index is 6.74. The summed E-state index contributed by atoms with van der Waals surface area (Å²) in [6.07, 6.45) is 0. The predicted octanol–water partition coefficient (Wildman–Crippen LogP) is 8.31. The number of rotatable bonds is 2. The van der Waals surface area contributed by atoms with Crippen LogP contribution >= 0.6 is 0 Å². The van der Waals surface area contributed by atoms with E-state index in [9.17, 15) is 0 Å². The van der Waals surface area contributed by atoms with E-state index in [0.717, 1.165) is 11.5 Å². The van der Waals surface area contributed by atoms with Crippen LogP contribution in [0.25, 0.3) is 22.6 Å². The molecule has 3 aromatic rings. The topological polar surface area (TPSA) is 13.1 Å². The van der Waals surface area contributed by atoms with Crippen LogP contribution in [0.15, 0.2) is 4.42 Å². The molecule has 0 aliphatic carbocycles. The van der Waals surface area contributed by atoms with Crippen molar-refractivity contribution < 1.29 is 4.42 Å². The summed E-state index contributed by atoms with van der Waals surface area (Å²) < 4.78 is 6.74. The van der Waals surface area contributed by atoms with Gasteiger partial charge in [-0.05, 0) is 150 Å². The van der Waals surface area contributed by atoms with Gasteiger partial charge in [-0.3, -0.25) is 0 Å². The molecule has 0 saturated carbocycles. The van der Waals surface area contributed by atoms with E-state index in [1.807, 2.05) is 0 Å². The highest BCUT2D eigenvalue weighted by atomic mass is 16.3. The van der Waals surface area contributed by atoms with Gasteiger partial charge in [0.1, 0.15) is 11.5 Å². The molecular weight excluding hydrogens is 352 g/mol. The van der Waals surface area contributed by atoms with Gasteiger partial charge in [0.2, 0.25) is 0 Å². The highest BCUT2D eigenvalue weighted by Crippen LogP contribution is 2.44. The van der Waals surface area contributed by atoms with Crippen molar-refractivity contribution in [3.63, 3.8) is 0 Å². The number of benzene rings is 2. The van der Waals surface area contributed by atoms with Crippen molar-refractivity contribution >= 4 is 0 Å². The third-order valence-electron chi connectivity index (χ3n) is 7.90. The number of furan rings is 1. The Hall–Kier alpha value is -2.28. The molecule has 154 valence electrons. The molecule has 0 aliphatic heterocycles. The first-order valence-electron chi connectivity index (χ1n) is 10.7. The largest absolute Gasteiger partial charge is 0.455 e. The molecule has 0 atom stereocenters. The maximum Gasteiger partial charge on any atom is 0.138 e. The summed E-state index contributed by atoms with van der Waals surface area (Å²) in [5.41, 5.74) is 18.6. The average Bonchev–Trinajstić information content (AvgIpc) is 2.97. The second-order valence-corrected chi connectivity index (χ2v) is 9.01. The highest BCUT2D eigenvalue weighted by molar-refractivity contribution is 5.80. The Balaban J connectivity index is 2.40. The van der Waals surface area contributed by atoms with Gasteiger partial charge >= 0.3 is 0 Å². The molecule has 0 unspecified atom stereocenters. The molecule has 0 fully saturated rings. The first-order chi connectivity index (χ1) is 13.4. The zero-order valence-corrected chi connectivity index (χ0v) is 20.4. The van der Waals surface area contributed by atoms with Crippen LogP contribution < -0.4 is 0 Å². The van der Waals surface area contributed by atoms with Crippen LogP contribution in [0.1, 0.15) is 66.8 Å². The van der Waals surface area contributed by atoms with E-state index < -0.39 is 0 Å². The Morgan fingerprint density at radius 1 is 0.276 bits per heavy atom. The molecule has 2 aromatic carbocycles. The van der Waals surface area contributed by atoms with E-state index >= 15 is 0 Å². The lowest BCUT2D eigenvalue weighted by Crippen LogP contribution is -2.00.